The number of hydrogen-bond acceptors (Lipinski definition) is 5. The minimum absolute atomic E-state index is 0.0830. The minimum atomic E-state index is 0.0830. The molecular formula is C17H26N4O2S. The Labute approximate surface area is 147 Å². The van der Waals surface area contributed by atoms with E-state index in [0.717, 1.165) is 60.9 Å². The van der Waals surface area contributed by atoms with Crippen LogP contribution in [-0.2, 0) is 11.2 Å². The lowest BCUT2D eigenvalue weighted by Gasteiger charge is -2.41. The van der Waals surface area contributed by atoms with Crippen molar-refractivity contribution >= 4 is 23.2 Å². The van der Waals surface area contributed by atoms with Crippen molar-refractivity contribution in [1.82, 2.24) is 20.1 Å². The van der Waals surface area contributed by atoms with Gasteiger partial charge in [0.2, 0.25) is 5.91 Å². The molecule has 132 valence electrons. The van der Waals surface area contributed by atoms with Crippen LogP contribution in [0.3, 0.4) is 0 Å². The van der Waals surface area contributed by atoms with Crippen LogP contribution >= 0.6 is 11.3 Å². The van der Waals surface area contributed by atoms with Crippen LogP contribution < -0.4 is 5.32 Å². The van der Waals surface area contributed by atoms with Crippen molar-refractivity contribution in [2.24, 2.45) is 0 Å². The molecule has 1 unspecified atom stereocenters. The van der Waals surface area contributed by atoms with E-state index in [1.807, 2.05) is 16.7 Å². The fraction of sp³-hybridized carbons (Fsp3) is 0.706. The molecule has 0 spiro atoms. The van der Waals surface area contributed by atoms with Gasteiger partial charge in [-0.2, -0.15) is 0 Å². The molecule has 0 aliphatic carbocycles. The Balaban J connectivity index is 1.70. The van der Waals surface area contributed by atoms with Crippen molar-refractivity contribution in [1.29, 1.82) is 0 Å². The van der Waals surface area contributed by atoms with Gasteiger partial charge in [0.1, 0.15) is 4.88 Å². The van der Waals surface area contributed by atoms with Crippen LogP contribution in [0.4, 0.5) is 0 Å². The fourth-order valence-electron chi connectivity index (χ4n) is 3.52. The lowest BCUT2D eigenvalue weighted by Crippen LogP contribution is -2.57. The van der Waals surface area contributed by atoms with Gasteiger partial charge in [0.15, 0.2) is 0 Å². The van der Waals surface area contributed by atoms with Gasteiger partial charge in [-0.3, -0.25) is 9.59 Å². The summed E-state index contributed by atoms with van der Waals surface area (Å²) < 4.78 is 0. The second kappa shape index (κ2) is 7.61. The summed E-state index contributed by atoms with van der Waals surface area (Å²) in [5.74, 6) is 0.236. The van der Waals surface area contributed by atoms with Crippen LogP contribution in [0.25, 0.3) is 0 Å². The first-order valence-corrected chi connectivity index (χ1v) is 9.67. The lowest BCUT2D eigenvalue weighted by atomic mass is 10.0. The summed E-state index contributed by atoms with van der Waals surface area (Å²) >= 11 is 1.53. The average molecular weight is 350 g/mol. The Morgan fingerprint density at radius 3 is 3.00 bits per heavy atom. The molecular weight excluding hydrogens is 324 g/mol. The van der Waals surface area contributed by atoms with Gasteiger partial charge in [-0.05, 0) is 32.6 Å². The highest BCUT2D eigenvalue weighted by Crippen LogP contribution is 2.24. The highest BCUT2D eigenvalue weighted by Gasteiger charge is 2.32. The molecule has 2 fully saturated rings. The van der Waals surface area contributed by atoms with Gasteiger partial charge in [0.05, 0.1) is 17.2 Å². The number of piperidine rings is 1. The second-order valence-corrected chi connectivity index (χ2v) is 7.67. The van der Waals surface area contributed by atoms with Crippen LogP contribution in [0, 0.1) is 6.92 Å². The number of aromatic nitrogens is 1. The molecule has 0 radical (unpaired) electrons. The molecule has 2 aliphatic heterocycles. The van der Waals surface area contributed by atoms with E-state index in [0.29, 0.717) is 13.1 Å². The van der Waals surface area contributed by atoms with E-state index >= 15 is 0 Å². The third kappa shape index (κ3) is 3.62. The largest absolute Gasteiger partial charge is 0.336 e. The molecule has 3 heterocycles. The summed E-state index contributed by atoms with van der Waals surface area (Å²) in [6.07, 6.45) is 3.90. The molecule has 3 rings (SSSR count). The smallest absolute Gasteiger partial charge is 0.265 e. The summed E-state index contributed by atoms with van der Waals surface area (Å²) in [7, 11) is 0. The Morgan fingerprint density at radius 2 is 2.25 bits per heavy atom. The van der Waals surface area contributed by atoms with Crippen molar-refractivity contribution in [2.75, 3.05) is 32.7 Å². The Morgan fingerprint density at radius 1 is 1.42 bits per heavy atom. The number of nitrogens with one attached hydrogen (secondary N) is 1. The van der Waals surface area contributed by atoms with Crippen molar-refractivity contribution in [3.63, 3.8) is 0 Å². The molecule has 0 aromatic carbocycles. The molecule has 1 atom stereocenters. The third-order valence-corrected chi connectivity index (χ3v) is 5.95. The van der Waals surface area contributed by atoms with E-state index in [1.54, 1.807) is 0 Å². The maximum Gasteiger partial charge on any atom is 0.265 e. The van der Waals surface area contributed by atoms with Gasteiger partial charge < -0.3 is 15.1 Å². The number of rotatable bonds is 4. The highest BCUT2D eigenvalue weighted by molar-refractivity contribution is 7.13. The summed E-state index contributed by atoms with van der Waals surface area (Å²) in [5, 5.41) is 4.15. The number of hydrogen-bond donors (Lipinski definition) is 1. The van der Waals surface area contributed by atoms with Crippen LogP contribution in [-0.4, -0.2) is 65.4 Å². The molecule has 0 saturated carbocycles. The van der Waals surface area contributed by atoms with Crippen LogP contribution in [0.1, 0.15) is 46.6 Å². The molecule has 1 aromatic heterocycles. The number of carbonyl (C=O) groups excluding carboxylic acids is 2. The first-order valence-electron chi connectivity index (χ1n) is 8.86. The van der Waals surface area contributed by atoms with Gasteiger partial charge in [0, 0.05) is 32.2 Å². The molecule has 24 heavy (non-hydrogen) atoms. The van der Waals surface area contributed by atoms with E-state index < -0.39 is 0 Å². The normalized spacial score (nSPS) is 22.1. The van der Waals surface area contributed by atoms with Gasteiger partial charge in [-0.15, -0.1) is 11.3 Å². The highest BCUT2D eigenvalue weighted by atomic mass is 32.1. The van der Waals surface area contributed by atoms with Gasteiger partial charge >= 0.3 is 0 Å². The average Bonchev–Trinajstić information content (AvgIpc) is 2.95. The summed E-state index contributed by atoms with van der Waals surface area (Å²) in [6, 6.07) is 0.153. The number of nitrogens with zero attached hydrogens (tertiary/aromatic N) is 3. The number of thiazole rings is 1. The zero-order chi connectivity index (χ0) is 17.1. The lowest BCUT2D eigenvalue weighted by molar-refractivity contribution is -0.135. The molecule has 1 N–H and O–H groups in total. The van der Waals surface area contributed by atoms with Crippen molar-refractivity contribution in [3.05, 3.63) is 15.6 Å². The number of likely N-dealkylation sites (tertiary alicyclic amines) is 1. The van der Waals surface area contributed by atoms with Gasteiger partial charge in [-0.1, -0.05) is 6.92 Å². The summed E-state index contributed by atoms with van der Waals surface area (Å²) in [6.45, 7) is 7.46. The van der Waals surface area contributed by atoms with E-state index in [1.165, 1.54) is 11.3 Å². The van der Waals surface area contributed by atoms with E-state index in [4.69, 9.17) is 0 Å². The summed E-state index contributed by atoms with van der Waals surface area (Å²) in [5.41, 5.74) is 0.842. The molecule has 7 heteroatoms. The van der Waals surface area contributed by atoms with Gasteiger partial charge in [0.25, 0.3) is 5.91 Å². The summed E-state index contributed by atoms with van der Waals surface area (Å²) in [4.78, 5) is 34.2. The first-order chi connectivity index (χ1) is 11.6. The second-order valence-electron chi connectivity index (χ2n) is 6.58. The minimum Gasteiger partial charge on any atom is -0.336 e. The molecule has 6 nitrogen and oxygen atoms in total. The van der Waals surface area contributed by atoms with E-state index in [2.05, 4.69) is 17.2 Å². The quantitative estimate of drug-likeness (QED) is 0.892. The number of aryl methyl sites for hydroxylation is 2. The maximum atomic E-state index is 12.9. The van der Waals surface area contributed by atoms with Crippen molar-refractivity contribution in [2.45, 2.75) is 45.6 Å². The number of carbonyl (C=O) groups is 2. The monoisotopic (exact) mass is 350 g/mol. The van der Waals surface area contributed by atoms with Crippen LogP contribution in [0.5, 0.6) is 0 Å². The number of amides is 2. The molecule has 2 amide bonds. The van der Waals surface area contributed by atoms with E-state index in [-0.39, 0.29) is 17.9 Å². The maximum absolute atomic E-state index is 12.9. The zero-order valence-corrected chi connectivity index (χ0v) is 15.3. The Hall–Kier alpha value is -1.47. The zero-order valence-electron chi connectivity index (χ0n) is 14.5. The predicted octanol–water partition coefficient (Wildman–Crippen LogP) is 1.44. The van der Waals surface area contributed by atoms with Crippen LogP contribution in [0.2, 0.25) is 0 Å². The Bertz CT molecular complexity index is 616. The standard InChI is InChI=1S/C17H26N4O2S/c1-3-5-14-19-12(2)16(24-14)17(23)20-8-4-6-13(11-20)21-9-7-18-10-15(21)22/h13,18H,3-11H2,1-2H3. The molecule has 1 aromatic rings. The molecule has 0 bridgehead atoms. The molecule has 2 aliphatic rings. The van der Waals surface area contributed by atoms with Crippen molar-refractivity contribution < 1.29 is 9.59 Å². The van der Waals surface area contributed by atoms with Crippen LogP contribution in [0.15, 0.2) is 0 Å². The fourth-order valence-corrected chi connectivity index (χ4v) is 4.65. The van der Waals surface area contributed by atoms with E-state index in [9.17, 15) is 9.59 Å². The van der Waals surface area contributed by atoms with Gasteiger partial charge in [-0.25, -0.2) is 4.98 Å². The number of piperazine rings is 1. The Kier molecular flexibility index (Phi) is 5.50. The topological polar surface area (TPSA) is 65.5 Å². The molecule has 2 saturated heterocycles. The third-order valence-electron chi connectivity index (χ3n) is 4.75. The SMILES string of the molecule is CCCc1nc(C)c(C(=O)N2CCCC(N3CCNCC3=O)C2)s1. The van der Waals surface area contributed by atoms with Crippen molar-refractivity contribution in [3.8, 4) is 0 Å². The first kappa shape index (κ1) is 17.4. The predicted molar refractivity (Wildman–Crippen MR) is 94.4 cm³/mol.